The summed E-state index contributed by atoms with van der Waals surface area (Å²) in [4.78, 5) is 33.4. The fourth-order valence-corrected chi connectivity index (χ4v) is 7.52. The molecule has 0 radical (unpaired) electrons. The van der Waals surface area contributed by atoms with Crippen molar-refractivity contribution in [1.29, 1.82) is 0 Å². The molecule has 222 valence electrons. The lowest BCUT2D eigenvalue weighted by Gasteiger charge is -2.33. The van der Waals surface area contributed by atoms with Crippen molar-refractivity contribution in [2.45, 2.75) is 13.3 Å². The van der Waals surface area contributed by atoms with Crippen LogP contribution >= 0.6 is 11.3 Å². The minimum absolute atomic E-state index is 0.0218. The number of fused-ring (bicyclic) bond motifs is 4. The highest BCUT2D eigenvalue weighted by Gasteiger charge is 2.21. The van der Waals surface area contributed by atoms with Gasteiger partial charge in [-0.1, -0.05) is 43.3 Å². The van der Waals surface area contributed by atoms with E-state index in [0.717, 1.165) is 76.3 Å². The molecule has 0 unspecified atom stereocenters. The summed E-state index contributed by atoms with van der Waals surface area (Å²) in [7, 11) is 0. The topological polar surface area (TPSA) is 78.3 Å². The van der Waals surface area contributed by atoms with Crippen molar-refractivity contribution in [2.75, 3.05) is 75.8 Å². The van der Waals surface area contributed by atoms with Gasteiger partial charge in [-0.05, 0) is 24.7 Å². The summed E-state index contributed by atoms with van der Waals surface area (Å²) < 4.78 is 14.2. The third-order valence-electron chi connectivity index (χ3n) is 8.72. The lowest BCUT2D eigenvalue weighted by molar-refractivity contribution is -0.116. The molecule has 2 aromatic heterocycles. The molecule has 7 rings (SSSR count). The van der Waals surface area contributed by atoms with Crippen molar-refractivity contribution in [2.24, 2.45) is 0 Å². The van der Waals surface area contributed by atoms with E-state index in [0.29, 0.717) is 49.6 Å². The van der Waals surface area contributed by atoms with Crippen LogP contribution in [0.3, 0.4) is 0 Å². The first-order valence-electron chi connectivity index (χ1n) is 15.2. The quantitative estimate of drug-likeness (QED) is 0.261. The van der Waals surface area contributed by atoms with Crippen molar-refractivity contribution in [1.82, 2.24) is 9.80 Å². The lowest BCUT2D eigenvalue weighted by Crippen LogP contribution is -2.46. The van der Waals surface area contributed by atoms with Crippen LogP contribution in [-0.2, 0) is 9.53 Å². The normalized spacial score (nSPS) is 16.8. The number of nitrogens with zero attached hydrogens (tertiary/aromatic N) is 3. The zero-order valence-corrected chi connectivity index (χ0v) is 25.3. The Labute approximate surface area is 254 Å². The predicted molar refractivity (Wildman–Crippen MR) is 176 cm³/mol. The number of hydrogen-bond acceptors (Lipinski definition) is 8. The molecule has 0 atom stereocenters. The van der Waals surface area contributed by atoms with Crippen molar-refractivity contribution >= 4 is 60.0 Å². The zero-order chi connectivity index (χ0) is 29.3. The second-order valence-corrected chi connectivity index (χ2v) is 12.3. The molecule has 3 aromatic carbocycles. The third kappa shape index (κ3) is 5.54. The SMILES string of the molecule is CCN1CCN(CCC(=O)Nc2ccc(-c3cccc4c(=O)cc(N5CCOCC5)oc34)c3sc4ccccc4c23)CC1. The molecule has 2 aliphatic rings. The number of carbonyl (C=O) groups excluding carboxylic acids is 1. The highest BCUT2D eigenvalue weighted by atomic mass is 32.1. The van der Waals surface area contributed by atoms with Gasteiger partial charge in [0.15, 0.2) is 11.3 Å². The predicted octanol–water partition coefficient (Wildman–Crippen LogP) is 5.63. The van der Waals surface area contributed by atoms with Gasteiger partial charge in [0.05, 0.1) is 24.3 Å². The Hall–Kier alpha value is -3.76. The molecule has 2 saturated heterocycles. The zero-order valence-electron chi connectivity index (χ0n) is 24.4. The van der Waals surface area contributed by atoms with Crippen molar-refractivity contribution in [3.8, 4) is 11.1 Å². The molecule has 5 aromatic rings. The van der Waals surface area contributed by atoms with Crippen LogP contribution < -0.4 is 15.6 Å². The smallest absolute Gasteiger partial charge is 0.225 e. The molecule has 2 aliphatic heterocycles. The van der Waals surface area contributed by atoms with E-state index in [2.05, 4.69) is 39.1 Å². The maximum atomic E-state index is 13.2. The molecule has 0 aliphatic carbocycles. The first-order chi connectivity index (χ1) is 21.1. The Balaban J connectivity index is 1.25. The van der Waals surface area contributed by atoms with Crippen molar-refractivity contribution < 1.29 is 13.9 Å². The number of benzene rings is 3. The number of rotatable bonds is 7. The molecule has 1 N–H and O–H groups in total. The number of ether oxygens (including phenoxy) is 1. The number of nitrogens with one attached hydrogen (secondary N) is 1. The van der Waals surface area contributed by atoms with Crippen LogP contribution in [0.25, 0.3) is 42.3 Å². The molecule has 0 saturated carbocycles. The molecule has 0 bridgehead atoms. The standard InChI is InChI=1S/C34H36N4O4S/c1-2-36-14-16-37(17-15-36)13-12-30(40)35-27-11-10-24(34-32(27)26-6-3-4-9-29(26)43-34)23-7-5-8-25-28(39)22-31(42-33(23)25)38-18-20-41-21-19-38/h3-11,22H,2,12-21H2,1H3,(H,35,40). The first-order valence-corrected chi connectivity index (χ1v) is 16.0. The largest absolute Gasteiger partial charge is 0.440 e. The van der Waals surface area contributed by atoms with E-state index in [1.54, 1.807) is 17.4 Å². The fraction of sp³-hybridized carbons (Fsp3) is 0.353. The number of carbonyl (C=O) groups is 1. The molecule has 2 fully saturated rings. The van der Waals surface area contributed by atoms with E-state index in [1.165, 1.54) is 0 Å². The summed E-state index contributed by atoms with van der Waals surface area (Å²) in [6.45, 7) is 10.7. The van der Waals surface area contributed by atoms with Crippen LogP contribution in [-0.4, -0.2) is 81.3 Å². The Morgan fingerprint density at radius 1 is 0.884 bits per heavy atom. The third-order valence-corrected chi connectivity index (χ3v) is 9.93. The second kappa shape index (κ2) is 12.1. The Kier molecular flexibility index (Phi) is 7.88. The van der Waals surface area contributed by atoms with E-state index < -0.39 is 0 Å². The maximum Gasteiger partial charge on any atom is 0.225 e. The van der Waals surface area contributed by atoms with Crippen LogP contribution in [0.4, 0.5) is 11.6 Å². The number of para-hydroxylation sites is 1. The van der Waals surface area contributed by atoms with Gasteiger partial charge < -0.3 is 29.2 Å². The van der Waals surface area contributed by atoms with Crippen LogP contribution in [0.1, 0.15) is 13.3 Å². The second-order valence-electron chi connectivity index (χ2n) is 11.3. The summed E-state index contributed by atoms with van der Waals surface area (Å²) in [6.07, 6.45) is 0.455. The van der Waals surface area contributed by atoms with E-state index in [-0.39, 0.29) is 11.3 Å². The van der Waals surface area contributed by atoms with E-state index >= 15 is 0 Å². The molecule has 9 heteroatoms. The average Bonchev–Trinajstić information content (AvgIpc) is 3.45. The maximum absolute atomic E-state index is 13.2. The van der Waals surface area contributed by atoms with Gasteiger partial charge in [0.1, 0.15) is 5.58 Å². The molecular formula is C34H36N4O4S. The number of amides is 1. The Bertz CT molecular complexity index is 1850. The first kappa shape index (κ1) is 28.0. The molecule has 43 heavy (non-hydrogen) atoms. The summed E-state index contributed by atoms with van der Waals surface area (Å²) in [6, 6.07) is 19.7. The Morgan fingerprint density at radius 2 is 1.65 bits per heavy atom. The minimum Gasteiger partial charge on any atom is -0.440 e. The van der Waals surface area contributed by atoms with Gasteiger partial charge in [0.25, 0.3) is 0 Å². The molecular weight excluding hydrogens is 560 g/mol. The van der Waals surface area contributed by atoms with Gasteiger partial charge in [-0.2, -0.15) is 0 Å². The van der Waals surface area contributed by atoms with Gasteiger partial charge in [0, 0.05) is 89.6 Å². The number of hydrogen-bond donors (Lipinski definition) is 1. The lowest BCUT2D eigenvalue weighted by atomic mass is 9.99. The van der Waals surface area contributed by atoms with Crippen molar-refractivity contribution in [3.05, 3.63) is 70.9 Å². The van der Waals surface area contributed by atoms with Gasteiger partial charge in [-0.15, -0.1) is 11.3 Å². The van der Waals surface area contributed by atoms with Crippen LogP contribution in [0.5, 0.6) is 0 Å². The van der Waals surface area contributed by atoms with Gasteiger partial charge >= 0.3 is 0 Å². The minimum atomic E-state index is -0.0582. The highest BCUT2D eigenvalue weighted by molar-refractivity contribution is 7.26. The number of anilines is 2. The summed E-state index contributed by atoms with van der Waals surface area (Å²) in [5.41, 5.74) is 3.18. The molecule has 0 spiro atoms. The van der Waals surface area contributed by atoms with Crippen LogP contribution in [0, 0.1) is 0 Å². The Morgan fingerprint density at radius 3 is 2.47 bits per heavy atom. The highest BCUT2D eigenvalue weighted by Crippen LogP contribution is 2.45. The molecule has 4 heterocycles. The van der Waals surface area contributed by atoms with Gasteiger partial charge in [-0.25, -0.2) is 0 Å². The van der Waals surface area contributed by atoms with Crippen LogP contribution in [0.15, 0.2) is 69.9 Å². The van der Waals surface area contributed by atoms with E-state index in [9.17, 15) is 9.59 Å². The van der Waals surface area contributed by atoms with E-state index in [1.807, 2.05) is 42.5 Å². The summed E-state index contributed by atoms with van der Waals surface area (Å²) in [5.74, 6) is 0.592. The number of thiophene rings is 1. The summed E-state index contributed by atoms with van der Waals surface area (Å²) >= 11 is 1.70. The van der Waals surface area contributed by atoms with E-state index in [4.69, 9.17) is 9.15 Å². The fourth-order valence-electron chi connectivity index (χ4n) is 6.26. The van der Waals surface area contributed by atoms with Crippen molar-refractivity contribution in [3.63, 3.8) is 0 Å². The van der Waals surface area contributed by atoms with Gasteiger partial charge in [-0.3, -0.25) is 9.59 Å². The number of morpholine rings is 1. The molecule has 1 amide bonds. The average molecular weight is 597 g/mol. The number of likely N-dealkylation sites (N-methyl/N-ethyl adjacent to an activating group) is 1. The van der Waals surface area contributed by atoms with Gasteiger partial charge in [0.2, 0.25) is 5.91 Å². The number of piperazine rings is 1. The monoisotopic (exact) mass is 596 g/mol. The van der Waals surface area contributed by atoms with Crippen LogP contribution in [0.2, 0.25) is 0 Å². The summed E-state index contributed by atoms with van der Waals surface area (Å²) in [5, 5.41) is 5.92. The molecule has 8 nitrogen and oxygen atoms in total.